The first-order chi connectivity index (χ1) is 22.6. The fourth-order valence-corrected chi connectivity index (χ4v) is 5.73. The summed E-state index contributed by atoms with van der Waals surface area (Å²) in [6.07, 6.45) is 3.26. The highest BCUT2D eigenvalue weighted by Gasteiger charge is 2.29. The van der Waals surface area contributed by atoms with Crippen LogP contribution in [0, 0.1) is 0 Å². The third-order valence-electron chi connectivity index (χ3n) is 8.28. The Morgan fingerprint density at radius 2 is 1.55 bits per heavy atom. The van der Waals surface area contributed by atoms with Crippen LogP contribution in [0.2, 0.25) is 0 Å². The van der Waals surface area contributed by atoms with Crippen molar-refractivity contribution in [2.45, 2.75) is 58.5 Å². The number of pyridine rings is 2. The molecule has 0 unspecified atom stereocenters. The molecule has 4 heterocycles. The van der Waals surface area contributed by atoms with Crippen LogP contribution in [0.4, 0.5) is 10.6 Å². The number of aromatic nitrogens is 4. The number of carbonyl (C=O) groups excluding carboxylic acids is 1. The first-order valence-electron chi connectivity index (χ1n) is 16.0. The van der Waals surface area contributed by atoms with E-state index in [0.29, 0.717) is 25.0 Å². The van der Waals surface area contributed by atoms with Gasteiger partial charge in [0.1, 0.15) is 30.3 Å². The maximum absolute atomic E-state index is 12.6. The van der Waals surface area contributed by atoms with E-state index in [4.69, 9.17) is 29.3 Å². The number of carbonyl (C=O) groups is 1. The number of benzene rings is 2. The minimum Gasteiger partial charge on any atom is -0.473 e. The van der Waals surface area contributed by atoms with Crippen LogP contribution >= 0.6 is 0 Å². The van der Waals surface area contributed by atoms with Gasteiger partial charge in [-0.2, -0.15) is 10.1 Å². The van der Waals surface area contributed by atoms with Gasteiger partial charge in [-0.05, 0) is 50.8 Å². The molecule has 0 spiro atoms. The summed E-state index contributed by atoms with van der Waals surface area (Å²) in [5.74, 6) is 1.80. The average molecular weight is 635 g/mol. The molecule has 10 heteroatoms. The largest absolute Gasteiger partial charge is 0.473 e. The highest BCUT2D eigenvalue weighted by molar-refractivity contribution is 5.95. The van der Waals surface area contributed by atoms with Crippen molar-refractivity contribution in [3.05, 3.63) is 96.2 Å². The molecule has 0 aliphatic carbocycles. The lowest BCUT2D eigenvalue weighted by Gasteiger charge is -2.37. The van der Waals surface area contributed by atoms with E-state index in [9.17, 15) is 4.79 Å². The fourth-order valence-electron chi connectivity index (χ4n) is 5.73. The average Bonchev–Trinajstić information content (AvgIpc) is 3.41. The molecule has 2 aromatic carbocycles. The summed E-state index contributed by atoms with van der Waals surface area (Å²) in [7, 11) is 3.76. The zero-order valence-electron chi connectivity index (χ0n) is 27.7. The number of fused-ring (bicyclic) bond motifs is 1. The Labute approximate surface area is 275 Å². The normalized spacial score (nSPS) is 13.9. The zero-order valence-corrected chi connectivity index (χ0v) is 27.7. The van der Waals surface area contributed by atoms with Gasteiger partial charge >= 0.3 is 6.09 Å². The van der Waals surface area contributed by atoms with Crippen molar-refractivity contribution < 1.29 is 19.0 Å². The second kappa shape index (κ2) is 13.7. The molecule has 6 rings (SSSR count). The van der Waals surface area contributed by atoms with Gasteiger partial charge < -0.3 is 24.0 Å². The van der Waals surface area contributed by atoms with E-state index in [0.717, 1.165) is 65.0 Å². The van der Waals surface area contributed by atoms with Gasteiger partial charge in [0.05, 0.1) is 11.1 Å². The maximum atomic E-state index is 12.6. The van der Waals surface area contributed by atoms with Crippen molar-refractivity contribution in [3.8, 4) is 23.0 Å². The van der Waals surface area contributed by atoms with Crippen LogP contribution in [0.15, 0.2) is 85.1 Å². The molecule has 1 aliphatic rings. The van der Waals surface area contributed by atoms with E-state index >= 15 is 0 Å². The molecule has 0 bridgehead atoms. The van der Waals surface area contributed by atoms with Gasteiger partial charge in [0.25, 0.3) is 0 Å². The first-order valence-corrected chi connectivity index (χ1v) is 16.0. The lowest BCUT2D eigenvalue weighted by Crippen LogP contribution is -2.47. The van der Waals surface area contributed by atoms with Gasteiger partial charge in [-0.15, -0.1) is 0 Å². The maximum Gasteiger partial charge on any atom is 0.410 e. The van der Waals surface area contributed by atoms with Gasteiger partial charge in [-0.3, -0.25) is 4.68 Å². The zero-order chi connectivity index (χ0) is 33.0. The summed E-state index contributed by atoms with van der Waals surface area (Å²) in [6.45, 7) is 7.99. The molecule has 5 aromatic rings. The summed E-state index contributed by atoms with van der Waals surface area (Å²) < 4.78 is 19.8. The molecule has 1 fully saturated rings. The summed E-state index contributed by atoms with van der Waals surface area (Å²) in [5, 5.41) is 5.81. The third-order valence-corrected chi connectivity index (χ3v) is 8.28. The Hall–Kier alpha value is -5.12. The molecule has 1 amide bonds. The van der Waals surface area contributed by atoms with Crippen molar-refractivity contribution in [2.24, 2.45) is 7.05 Å². The Bertz CT molecular complexity index is 1810. The van der Waals surface area contributed by atoms with Crippen LogP contribution in [0.3, 0.4) is 0 Å². The molecule has 1 saturated heterocycles. The molecule has 244 valence electrons. The predicted octanol–water partition coefficient (Wildman–Crippen LogP) is 7.02. The number of piperidine rings is 1. The molecule has 1 aliphatic heterocycles. The Morgan fingerprint density at radius 3 is 2.19 bits per heavy atom. The number of rotatable bonds is 9. The first kappa shape index (κ1) is 31.8. The predicted molar refractivity (Wildman–Crippen MR) is 183 cm³/mol. The van der Waals surface area contributed by atoms with Gasteiger partial charge in [0.2, 0.25) is 11.8 Å². The van der Waals surface area contributed by atoms with E-state index in [2.05, 4.69) is 11.0 Å². The van der Waals surface area contributed by atoms with Gasteiger partial charge in [-0.1, -0.05) is 60.7 Å². The number of amides is 1. The molecule has 10 nitrogen and oxygen atoms in total. The number of nitrogens with zero attached hydrogens (tertiary/aromatic N) is 6. The monoisotopic (exact) mass is 634 g/mol. The van der Waals surface area contributed by atoms with Crippen LogP contribution in [-0.4, -0.2) is 62.5 Å². The molecule has 0 atom stereocenters. The van der Waals surface area contributed by atoms with E-state index in [1.165, 1.54) is 0 Å². The lowest BCUT2D eigenvalue weighted by molar-refractivity contribution is 0.0201. The van der Waals surface area contributed by atoms with Crippen molar-refractivity contribution in [1.29, 1.82) is 0 Å². The van der Waals surface area contributed by atoms with Gasteiger partial charge in [-0.25, -0.2) is 9.78 Å². The number of hydrogen-bond donors (Lipinski definition) is 0. The topological polar surface area (TPSA) is 94.8 Å². The number of aryl methyl sites for hydroxylation is 1. The van der Waals surface area contributed by atoms with E-state index in [-0.39, 0.29) is 12.1 Å². The second-order valence-corrected chi connectivity index (χ2v) is 12.9. The van der Waals surface area contributed by atoms with Crippen molar-refractivity contribution >= 4 is 22.8 Å². The quantitative estimate of drug-likeness (QED) is 0.171. The van der Waals surface area contributed by atoms with Crippen molar-refractivity contribution in [3.63, 3.8) is 0 Å². The summed E-state index contributed by atoms with van der Waals surface area (Å²) in [5.41, 5.74) is 4.03. The number of ether oxygens (including phenoxy) is 3. The van der Waals surface area contributed by atoms with Crippen LogP contribution in [0.1, 0.15) is 44.7 Å². The summed E-state index contributed by atoms with van der Waals surface area (Å²) >= 11 is 0. The molecule has 47 heavy (non-hydrogen) atoms. The summed E-state index contributed by atoms with van der Waals surface area (Å²) in [4.78, 5) is 26.3. The summed E-state index contributed by atoms with van der Waals surface area (Å²) in [6, 6.07) is 26.0. The Kier molecular flexibility index (Phi) is 9.29. The fraction of sp³-hybridized carbons (Fsp3) is 0.351. The lowest BCUT2D eigenvalue weighted by atomic mass is 10.0. The van der Waals surface area contributed by atoms with Crippen LogP contribution in [-0.2, 0) is 25.0 Å². The van der Waals surface area contributed by atoms with E-state index in [1.54, 1.807) is 4.90 Å². The van der Waals surface area contributed by atoms with E-state index < -0.39 is 5.60 Å². The van der Waals surface area contributed by atoms with Gasteiger partial charge in [0, 0.05) is 56.9 Å². The highest BCUT2D eigenvalue weighted by Crippen LogP contribution is 2.36. The van der Waals surface area contributed by atoms with Crippen molar-refractivity contribution in [2.75, 3.05) is 25.0 Å². The molecule has 3 aromatic heterocycles. The number of anilines is 1. The highest BCUT2D eigenvalue weighted by atomic mass is 16.6. The number of hydrogen-bond acceptors (Lipinski definition) is 8. The van der Waals surface area contributed by atoms with E-state index in [1.807, 2.05) is 119 Å². The molecule has 0 N–H and O–H groups in total. The van der Waals surface area contributed by atoms with Crippen LogP contribution in [0.25, 0.3) is 22.2 Å². The van der Waals surface area contributed by atoms with Crippen LogP contribution < -0.4 is 14.4 Å². The van der Waals surface area contributed by atoms with Crippen LogP contribution in [0.5, 0.6) is 11.8 Å². The standard InChI is InChI=1S/C37H42N6O4/c1-37(2,3)47-36(44)41(4)28-18-20-43(21-19-28)32-22-31-30(23-38-32)34(40-42(31)5)29-16-17-33(45-24-26-12-8-6-9-13-26)39-35(29)46-25-27-14-10-7-11-15-27/h6-17,22-23,28H,18-21,24-25H2,1-5H3. The SMILES string of the molecule is CN(C(=O)OC(C)(C)C)C1CCN(c2cc3c(cn2)c(-c2ccc(OCc4ccccc4)nc2OCc2ccccc2)nn3C)CC1. The van der Waals surface area contributed by atoms with Crippen molar-refractivity contribution in [1.82, 2.24) is 24.6 Å². The minimum atomic E-state index is -0.517. The minimum absolute atomic E-state index is 0.120. The molecule has 0 saturated carbocycles. The third kappa shape index (κ3) is 7.65. The Balaban J connectivity index is 1.22. The smallest absolute Gasteiger partial charge is 0.410 e. The molecular formula is C37H42N6O4. The molecule has 0 radical (unpaired) electrons. The molecular weight excluding hydrogens is 592 g/mol. The second-order valence-electron chi connectivity index (χ2n) is 12.9. The Morgan fingerprint density at radius 1 is 0.915 bits per heavy atom. The van der Waals surface area contributed by atoms with Gasteiger partial charge in [0.15, 0.2) is 0 Å².